The molecule has 8 nitrogen and oxygen atoms in total. The Morgan fingerprint density at radius 2 is 2.00 bits per heavy atom. The third-order valence-electron chi connectivity index (χ3n) is 5.63. The number of halogens is 3. The summed E-state index contributed by atoms with van der Waals surface area (Å²) in [6.45, 7) is 2.55. The zero-order valence-electron chi connectivity index (χ0n) is 17.5. The fraction of sp³-hybridized carbons (Fsp3) is 0.318. The molecule has 2 amide bonds. The number of urea groups is 1. The Morgan fingerprint density at radius 1 is 1.15 bits per heavy atom. The van der Waals surface area contributed by atoms with E-state index in [4.69, 9.17) is 4.74 Å². The second kappa shape index (κ2) is 8.30. The van der Waals surface area contributed by atoms with Crippen molar-refractivity contribution < 1.29 is 22.7 Å². The van der Waals surface area contributed by atoms with Gasteiger partial charge in [0.15, 0.2) is 11.6 Å². The summed E-state index contributed by atoms with van der Waals surface area (Å²) >= 11 is 0. The Morgan fingerprint density at radius 3 is 2.76 bits per heavy atom. The molecule has 0 bridgehead atoms. The molecule has 1 fully saturated rings. The van der Waals surface area contributed by atoms with Gasteiger partial charge in [-0.2, -0.15) is 13.2 Å². The molecule has 0 saturated carbocycles. The third kappa shape index (κ3) is 4.30. The number of aromatic nitrogens is 1. The molecule has 3 aliphatic rings. The highest BCUT2D eigenvalue weighted by atomic mass is 19.4. The first-order valence-electron chi connectivity index (χ1n) is 10.5. The number of anilines is 2. The van der Waals surface area contributed by atoms with Crippen LogP contribution in [0.3, 0.4) is 0 Å². The molecule has 0 spiro atoms. The number of carbonyl (C=O) groups excluding carboxylic acids is 1. The Kier molecular flexibility index (Phi) is 5.31. The number of rotatable bonds is 3. The van der Waals surface area contributed by atoms with E-state index >= 15 is 0 Å². The lowest BCUT2D eigenvalue weighted by atomic mass is 10.1. The SMILES string of the molecule is O=C(Nc1ccnc(N2CCC2)c1)N1CCOC2=C1NC(c1cccc(C(F)(F)F)c1)=NC2. The number of ether oxygens (including phenoxy) is 1. The normalized spacial score (nSPS) is 18.0. The van der Waals surface area contributed by atoms with Crippen LogP contribution in [0.15, 0.2) is 59.2 Å². The van der Waals surface area contributed by atoms with Crippen molar-refractivity contribution in [3.63, 3.8) is 0 Å². The second-order valence-electron chi connectivity index (χ2n) is 7.81. The van der Waals surface area contributed by atoms with Crippen LogP contribution < -0.4 is 15.5 Å². The minimum Gasteiger partial charge on any atom is -0.490 e. The topological polar surface area (TPSA) is 82.1 Å². The van der Waals surface area contributed by atoms with Crippen LogP contribution in [0.4, 0.5) is 29.5 Å². The van der Waals surface area contributed by atoms with E-state index in [-0.39, 0.29) is 37.1 Å². The van der Waals surface area contributed by atoms with Crippen molar-refractivity contribution >= 4 is 23.4 Å². The van der Waals surface area contributed by atoms with Gasteiger partial charge in [-0.15, -0.1) is 0 Å². The van der Waals surface area contributed by atoms with E-state index in [2.05, 4.69) is 25.5 Å². The summed E-state index contributed by atoms with van der Waals surface area (Å²) < 4.78 is 45.0. The molecule has 1 aromatic carbocycles. The van der Waals surface area contributed by atoms with Gasteiger partial charge in [0.2, 0.25) is 0 Å². The molecule has 2 aromatic rings. The molecule has 1 saturated heterocycles. The van der Waals surface area contributed by atoms with Crippen LogP contribution in [0.1, 0.15) is 17.5 Å². The van der Waals surface area contributed by atoms with E-state index in [1.807, 2.05) is 6.07 Å². The second-order valence-corrected chi connectivity index (χ2v) is 7.81. The number of alkyl halides is 3. The fourth-order valence-corrected chi connectivity index (χ4v) is 3.77. The third-order valence-corrected chi connectivity index (χ3v) is 5.63. The van der Waals surface area contributed by atoms with Crippen LogP contribution in [0.25, 0.3) is 0 Å². The lowest BCUT2D eigenvalue weighted by Gasteiger charge is -2.35. The van der Waals surface area contributed by atoms with Crippen LogP contribution in [-0.2, 0) is 10.9 Å². The number of hydrogen-bond donors (Lipinski definition) is 2. The quantitative estimate of drug-likeness (QED) is 0.737. The van der Waals surface area contributed by atoms with Crippen molar-refractivity contribution in [3.8, 4) is 0 Å². The molecule has 4 heterocycles. The number of pyridine rings is 1. The summed E-state index contributed by atoms with van der Waals surface area (Å²) in [4.78, 5) is 25.3. The van der Waals surface area contributed by atoms with Crippen LogP contribution in [0, 0.1) is 0 Å². The molecule has 11 heteroatoms. The molecule has 0 unspecified atom stereocenters. The first-order chi connectivity index (χ1) is 15.9. The molecule has 33 heavy (non-hydrogen) atoms. The van der Waals surface area contributed by atoms with Gasteiger partial charge in [-0.1, -0.05) is 12.1 Å². The lowest BCUT2D eigenvalue weighted by Crippen LogP contribution is -2.48. The number of nitrogens with one attached hydrogen (secondary N) is 2. The van der Waals surface area contributed by atoms with Crippen molar-refractivity contribution in [2.75, 3.05) is 43.0 Å². The van der Waals surface area contributed by atoms with Crippen LogP contribution >= 0.6 is 0 Å². The number of amidine groups is 1. The van der Waals surface area contributed by atoms with Crippen molar-refractivity contribution in [1.82, 2.24) is 15.2 Å². The summed E-state index contributed by atoms with van der Waals surface area (Å²) in [6.07, 6.45) is -1.70. The maximum atomic E-state index is 13.1. The van der Waals surface area contributed by atoms with Gasteiger partial charge in [-0.3, -0.25) is 9.89 Å². The standard InChI is InChI=1S/C22H21F3N6O2/c23-22(24,25)15-4-1-3-14(11-15)19-27-13-17-20(29-19)31(9-10-33-17)21(32)28-16-5-6-26-18(12-16)30-7-2-8-30/h1,3-6,11-12H,2,7-10,13H2,(H,27,29)(H,26,28,32). The monoisotopic (exact) mass is 458 g/mol. The summed E-state index contributed by atoms with van der Waals surface area (Å²) in [6, 6.07) is 8.04. The molecule has 5 rings (SSSR count). The van der Waals surface area contributed by atoms with Crippen molar-refractivity contribution in [2.45, 2.75) is 12.6 Å². The highest BCUT2D eigenvalue weighted by Crippen LogP contribution is 2.30. The predicted octanol–water partition coefficient (Wildman–Crippen LogP) is 3.39. The molecular weight excluding hydrogens is 437 g/mol. The molecule has 0 aliphatic carbocycles. The molecule has 172 valence electrons. The van der Waals surface area contributed by atoms with Gasteiger partial charge < -0.3 is 20.3 Å². The molecule has 0 radical (unpaired) electrons. The van der Waals surface area contributed by atoms with E-state index in [0.717, 1.165) is 37.5 Å². The van der Waals surface area contributed by atoms with E-state index < -0.39 is 11.7 Å². The largest absolute Gasteiger partial charge is 0.490 e. The highest BCUT2D eigenvalue weighted by Gasteiger charge is 2.33. The molecule has 1 aromatic heterocycles. The van der Waals surface area contributed by atoms with Gasteiger partial charge in [0.25, 0.3) is 0 Å². The summed E-state index contributed by atoms with van der Waals surface area (Å²) in [7, 11) is 0. The Bertz CT molecular complexity index is 1140. The zero-order chi connectivity index (χ0) is 23.0. The van der Waals surface area contributed by atoms with Gasteiger partial charge in [0.1, 0.15) is 24.8 Å². The first kappa shape index (κ1) is 21.1. The number of carbonyl (C=O) groups is 1. The van der Waals surface area contributed by atoms with Gasteiger partial charge in [-0.25, -0.2) is 9.78 Å². The van der Waals surface area contributed by atoms with Gasteiger partial charge in [-0.05, 0) is 24.6 Å². The summed E-state index contributed by atoms with van der Waals surface area (Å²) in [5.41, 5.74) is 0.109. The summed E-state index contributed by atoms with van der Waals surface area (Å²) in [5.74, 6) is 1.88. The molecular formula is C22H21F3N6O2. The number of amides is 2. The average Bonchev–Trinajstić information content (AvgIpc) is 2.77. The van der Waals surface area contributed by atoms with Crippen LogP contribution in [0.5, 0.6) is 0 Å². The fourth-order valence-electron chi connectivity index (χ4n) is 3.77. The maximum absolute atomic E-state index is 13.1. The Balaban J connectivity index is 1.33. The Hall–Kier alpha value is -3.76. The van der Waals surface area contributed by atoms with Crippen molar-refractivity contribution in [1.29, 1.82) is 0 Å². The van der Waals surface area contributed by atoms with E-state index in [1.54, 1.807) is 12.3 Å². The van der Waals surface area contributed by atoms with E-state index in [1.165, 1.54) is 17.0 Å². The minimum atomic E-state index is -4.46. The number of nitrogens with zero attached hydrogens (tertiary/aromatic N) is 4. The zero-order valence-corrected chi connectivity index (χ0v) is 17.5. The molecule has 2 N–H and O–H groups in total. The van der Waals surface area contributed by atoms with Crippen LogP contribution in [-0.4, -0.2) is 54.5 Å². The van der Waals surface area contributed by atoms with Crippen molar-refractivity contribution in [2.24, 2.45) is 4.99 Å². The van der Waals surface area contributed by atoms with E-state index in [9.17, 15) is 18.0 Å². The minimum absolute atomic E-state index is 0.117. The summed E-state index contributed by atoms with van der Waals surface area (Å²) in [5, 5.41) is 5.87. The van der Waals surface area contributed by atoms with Crippen LogP contribution in [0.2, 0.25) is 0 Å². The number of aliphatic imine (C=N–C) groups is 1. The maximum Gasteiger partial charge on any atom is 0.416 e. The lowest BCUT2D eigenvalue weighted by molar-refractivity contribution is -0.137. The smallest absolute Gasteiger partial charge is 0.416 e. The first-order valence-corrected chi connectivity index (χ1v) is 10.5. The Labute approximate surface area is 187 Å². The van der Waals surface area contributed by atoms with Gasteiger partial charge >= 0.3 is 12.2 Å². The van der Waals surface area contributed by atoms with Crippen molar-refractivity contribution in [3.05, 3.63) is 65.3 Å². The van der Waals surface area contributed by atoms with E-state index in [0.29, 0.717) is 17.3 Å². The number of hydrogen-bond acceptors (Lipinski definition) is 6. The van der Waals surface area contributed by atoms with Gasteiger partial charge in [0, 0.05) is 36.6 Å². The highest BCUT2D eigenvalue weighted by molar-refractivity contribution is 6.01. The molecule has 3 aliphatic heterocycles. The number of benzene rings is 1. The molecule has 0 atom stereocenters. The average molecular weight is 458 g/mol. The predicted molar refractivity (Wildman–Crippen MR) is 116 cm³/mol. The van der Waals surface area contributed by atoms with Gasteiger partial charge in [0.05, 0.1) is 12.1 Å².